The molecule has 2 unspecified atom stereocenters. The van der Waals surface area contributed by atoms with E-state index in [0.29, 0.717) is 18.2 Å². The average Bonchev–Trinajstić information content (AvgIpc) is 2.76. The van der Waals surface area contributed by atoms with Gasteiger partial charge >= 0.3 is 6.01 Å². The predicted octanol–water partition coefficient (Wildman–Crippen LogP) is 0.854. The summed E-state index contributed by atoms with van der Waals surface area (Å²) in [5, 5.41) is 8.71. The van der Waals surface area contributed by atoms with E-state index in [9.17, 15) is 0 Å². The SMILES string of the molecule is N#Cc1ccnc(OC2CCCC2CN)n1. The molecule has 1 saturated carbocycles. The van der Waals surface area contributed by atoms with Crippen molar-refractivity contribution in [3.63, 3.8) is 0 Å². The van der Waals surface area contributed by atoms with Gasteiger partial charge in [0.1, 0.15) is 17.9 Å². The van der Waals surface area contributed by atoms with Crippen molar-refractivity contribution in [1.82, 2.24) is 9.97 Å². The molecule has 0 aliphatic heterocycles. The first kappa shape index (κ1) is 10.8. The Morgan fingerprint density at radius 1 is 1.56 bits per heavy atom. The topological polar surface area (TPSA) is 84.8 Å². The Hall–Kier alpha value is -1.67. The van der Waals surface area contributed by atoms with Crippen molar-refractivity contribution in [2.45, 2.75) is 25.4 Å². The van der Waals surface area contributed by atoms with Crippen molar-refractivity contribution in [1.29, 1.82) is 5.26 Å². The molecule has 1 aromatic heterocycles. The van der Waals surface area contributed by atoms with E-state index in [1.807, 2.05) is 6.07 Å². The van der Waals surface area contributed by atoms with Crippen molar-refractivity contribution in [3.8, 4) is 12.1 Å². The first-order valence-electron chi connectivity index (χ1n) is 5.43. The van der Waals surface area contributed by atoms with E-state index in [1.54, 1.807) is 6.07 Å². The highest BCUT2D eigenvalue weighted by Gasteiger charge is 2.28. The molecule has 2 N–H and O–H groups in total. The van der Waals surface area contributed by atoms with Crippen LogP contribution in [-0.4, -0.2) is 22.6 Å². The summed E-state index contributed by atoms with van der Waals surface area (Å²) in [4.78, 5) is 7.98. The third kappa shape index (κ3) is 2.28. The first-order valence-corrected chi connectivity index (χ1v) is 5.43. The Labute approximate surface area is 94.3 Å². The minimum absolute atomic E-state index is 0.0962. The van der Waals surface area contributed by atoms with Gasteiger partial charge in [-0.1, -0.05) is 0 Å². The number of nitrogens with zero attached hydrogens (tertiary/aromatic N) is 3. The largest absolute Gasteiger partial charge is 0.460 e. The maximum atomic E-state index is 8.71. The van der Waals surface area contributed by atoms with E-state index < -0.39 is 0 Å². The number of rotatable bonds is 3. The van der Waals surface area contributed by atoms with Crippen LogP contribution in [0.25, 0.3) is 0 Å². The molecule has 0 bridgehead atoms. The quantitative estimate of drug-likeness (QED) is 0.813. The van der Waals surface area contributed by atoms with Crippen LogP contribution in [0.3, 0.4) is 0 Å². The standard InChI is InChI=1S/C11H14N4O/c12-6-8-2-1-3-10(8)16-11-14-5-4-9(7-13)15-11/h4-5,8,10H,1-3,6,12H2. The van der Waals surface area contributed by atoms with E-state index in [1.165, 1.54) is 6.20 Å². The minimum Gasteiger partial charge on any atom is -0.460 e. The third-order valence-electron chi connectivity index (χ3n) is 2.90. The second kappa shape index (κ2) is 4.90. The molecule has 1 fully saturated rings. The Kier molecular flexibility index (Phi) is 3.32. The molecule has 16 heavy (non-hydrogen) atoms. The lowest BCUT2D eigenvalue weighted by Crippen LogP contribution is -2.28. The third-order valence-corrected chi connectivity index (χ3v) is 2.90. The van der Waals surface area contributed by atoms with Gasteiger partial charge in [0, 0.05) is 12.1 Å². The lowest BCUT2D eigenvalue weighted by Gasteiger charge is -2.18. The smallest absolute Gasteiger partial charge is 0.317 e. The fourth-order valence-corrected chi connectivity index (χ4v) is 2.02. The van der Waals surface area contributed by atoms with Gasteiger partial charge in [-0.25, -0.2) is 4.98 Å². The number of nitrogens with two attached hydrogens (primary N) is 1. The lowest BCUT2D eigenvalue weighted by molar-refractivity contribution is 0.148. The van der Waals surface area contributed by atoms with Gasteiger partial charge in [-0.05, 0) is 31.9 Å². The van der Waals surface area contributed by atoms with Crippen LogP contribution < -0.4 is 10.5 Å². The summed E-state index contributed by atoms with van der Waals surface area (Å²) < 4.78 is 5.67. The molecular weight excluding hydrogens is 204 g/mol. The summed E-state index contributed by atoms with van der Waals surface area (Å²) in [6, 6.07) is 3.80. The van der Waals surface area contributed by atoms with E-state index >= 15 is 0 Å². The molecule has 0 spiro atoms. The molecule has 0 amide bonds. The van der Waals surface area contributed by atoms with Gasteiger partial charge in [-0.3, -0.25) is 0 Å². The monoisotopic (exact) mass is 218 g/mol. The molecule has 2 rings (SSSR count). The van der Waals surface area contributed by atoms with Crippen LogP contribution in [0.1, 0.15) is 25.0 Å². The van der Waals surface area contributed by atoms with Crippen molar-refractivity contribution in [3.05, 3.63) is 18.0 Å². The average molecular weight is 218 g/mol. The molecule has 0 aromatic carbocycles. The zero-order valence-corrected chi connectivity index (χ0v) is 8.97. The number of hydrogen-bond donors (Lipinski definition) is 1. The van der Waals surface area contributed by atoms with Gasteiger partial charge in [0.05, 0.1) is 0 Å². The molecule has 2 atom stereocenters. The number of nitriles is 1. The molecule has 0 saturated heterocycles. The van der Waals surface area contributed by atoms with Crippen LogP contribution in [0.2, 0.25) is 0 Å². The highest BCUT2D eigenvalue weighted by atomic mass is 16.5. The van der Waals surface area contributed by atoms with Crippen LogP contribution in [-0.2, 0) is 0 Å². The van der Waals surface area contributed by atoms with Crippen LogP contribution in [0.5, 0.6) is 6.01 Å². The summed E-state index contributed by atoms with van der Waals surface area (Å²) in [5.74, 6) is 0.384. The van der Waals surface area contributed by atoms with E-state index in [-0.39, 0.29) is 12.1 Å². The zero-order chi connectivity index (χ0) is 11.4. The molecule has 84 valence electrons. The van der Waals surface area contributed by atoms with Crippen LogP contribution >= 0.6 is 0 Å². The molecule has 5 nitrogen and oxygen atoms in total. The maximum Gasteiger partial charge on any atom is 0.317 e. The fourth-order valence-electron chi connectivity index (χ4n) is 2.02. The molecule has 0 radical (unpaired) electrons. The summed E-state index contributed by atoms with van der Waals surface area (Å²) in [5.41, 5.74) is 5.99. The highest BCUT2D eigenvalue weighted by Crippen LogP contribution is 2.27. The summed E-state index contributed by atoms with van der Waals surface area (Å²) in [6.45, 7) is 0.628. The number of hydrogen-bond acceptors (Lipinski definition) is 5. The molecule has 1 aliphatic rings. The first-order chi connectivity index (χ1) is 7.83. The van der Waals surface area contributed by atoms with Gasteiger partial charge in [-0.2, -0.15) is 10.2 Å². The Morgan fingerprint density at radius 3 is 3.19 bits per heavy atom. The molecular formula is C11H14N4O. The summed E-state index contributed by atoms with van der Waals surface area (Å²) in [7, 11) is 0. The van der Waals surface area contributed by atoms with Crippen molar-refractivity contribution < 1.29 is 4.74 Å². The molecule has 5 heteroatoms. The van der Waals surface area contributed by atoms with Crippen LogP contribution in [0, 0.1) is 17.2 Å². The second-order valence-corrected chi connectivity index (χ2v) is 3.92. The number of ether oxygens (including phenoxy) is 1. The van der Waals surface area contributed by atoms with E-state index in [0.717, 1.165) is 19.3 Å². The van der Waals surface area contributed by atoms with Crippen molar-refractivity contribution >= 4 is 0 Å². The summed E-state index contributed by atoms with van der Waals surface area (Å²) in [6.07, 6.45) is 4.85. The lowest BCUT2D eigenvalue weighted by atomic mass is 10.1. The number of aromatic nitrogens is 2. The zero-order valence-electron chi connectivity index (χ0n) is 8.97. The Bertz CT molecular complexity index is 401. The molecule has 1 aromatic rings. The van der Waals surface area contributed by atoms with E-state index in [2.05, 4.69) is 9.97 Å². The fraction of sp³-hybridized carbons (Fsp3) is 0.545. The van der Waals surface area contributed by atoms with Gasteiger partial charge in [0.25, 0.3) is 0 Å². The highest BCUT2D eigenvalue weighted by molar-refractivity contribution is 5.19. The molecule has 1 heterocycles. The van der Waals surface area contributed by atoms with Gasteiger partial charge in [0.2, 0.25) is 0 Å². The van der Waals surface area contributed by atoms with Gasteiger partial charge < -0.3 is 10.5 Å². The van der Waals surface area contributed by atoms with Gasteiger partial charge in [-0.15, -0.1) is 0 Å². The maximum absolute atomic E-state index is 8.71. The van der Waals surface area contributed by atoms with Crippen LogP contribution in [0.15, 0.2) is 12.3 Å². The second-order valence-electron chi connectivity index (χ2n) is 3.92. The van der Waals surface area contributed by atoms with Gasteiger partial charge in [0.15, 0.2) is 0 Å². The Balaban J connectivity index is 2.06. The van der Waals surface area contributed by atoms with E-state index in [4.69, 9.17) is 15.7 Å². The molecule has 1 aliphatic carbocycles. The normalized spacial score (nSPS) is 24.0. The van der Waals surface area contributed by atoms with Crippen molar-refractivity contribution in [2.24, 2.45) is 11.7 Å². The van der Waals surface area contributed by atoms with Crippen LogP contribution in [0.4, 0.5) is 0 Å². The summed E-state index contributed by atoms with van der Waals surface area (Å²) >= 11 is 0. The predicted molar refractivity (Wildman–Crippen MR) is 57.6 cm³/mol. The van der Waals surface area contributed by atoms with Crippen molar-refractivity contribution in [2.75, 3.05) is 6.54 Å². The Morgan fingerprint density at radius 2 is 2.44 bits per heavy atom. The minimum atomic E-state index is 0.0962.